The molecule has 0 aromatic heterocycles. The zero-order chi connectivity index (χ0) is 13.9. The van der Waals surface area contributed by atoms with Crippen LogP contribution in [-0.4, -0.2) is 18.5 Å². The Balaban J connectivity index is 1.46. The molecule has 4 heteroatoms. The normalized spacial score (nSPS) is 26.5. The van der Waals surface area contributed by atoms with Crippen LogP contribution in [0.4, 0.5) is 5.69 Å². The van der Waals surface area contributed by atoms with E-state index in [-0.39, 0.29) is 24.4 Å². The predicted molar refractivity (Wildman–Crippen MR) is 74.9 cm³/mol. The molecule has 4 nitrogen and oxygen atoms in total. The number of carbonyl (C=O) groups is 2. The number of amides is 1. The molecule has 0 aliphatic heterocycles. The number of nitrogens with one attached hydrogen (secondary N) is 1. The number of esters is 1. The number of carbonyl (C=O) groups excluding carboxylic acids is 2. The van der Waals surface area contributed by atoms with Gasteiger partial charge in [0.2, 0.25) is 0 Å². The molecule has 20 heavy (non-hydrogen) atoms. The van der Waals surface area contributed by atoms with Gasteiger partial charge in [-0.25, -0.2) is 0 Å². The molecule has 1 amide bonds. The molecular formula is C16H17NO3. The Labute approximate surface area is 117 Å². The molecule has 1 fully saturated rings. The van der Waals surface area contributed by atoms with Crippen LogP contribution in [0.5, 0.6) is 0 Å². The van der Waals surface area contributed by atoms with E-state index >= 15 is 0 Å². The minimum atomic E-state index is -0.303. The first kappa shape index (κ1) is 12.9. The van der Waals surface area contributed by atoms with E-state index < -0.39 is 0 Å². The minimum Gasteiger partial charge on any atom is -0.455 e. The Kier molecular flexibility index (Phi) is 3.54. The van der Waals surface area contributed by atoms with Crippen LogP contribution >= 0.6 is 0 Å². The summed E-state index contributed by atoms with van der Waals surface area (Å²) in [6.45, 7) is -0.217. The van der Waals surface area contributed by atoms with Crippen LogP contribution in [0.25, 0.3) is 0 Å². The van der Waals surface area contributed by atoms with Gasteiger partial charge >= 0.3 is 5.97 Å². The number of para-hydroxylation sites is 1. The fourth-order valence-corrected chi connectivity index (χ4v) is 3.01. The Morgan fingerprint density at radius 3 is 2.60 bits per heavy atom. The zero-order valence-corrected chi connectivity index (χ0v) is 11.1. The summed E-state index contributed by atoms with van der Waals surface area (Å²) in [4.78, 5) is 23.6. The van der Waals surface area contributed by atoms with E-state index in [2.05, 4.69) is 17.5 Å². The van der Waals surface area contributed by atoms with Crippen molar-refractivity contribution in [1.82, 2.24) is 0 Å². The fourth-order valence-electron chi connectivity index (χ4n) is 3.01. The quantitative estimate of drug-likeness (QED) is 0.675. The third-order valence-electron chi connectivity index (χ3n) is 3.98. The number of hydrogen-bond acceptors (Lipinski definition) is 3. The molecule has 2 aliphatic carbocycles. The van der Waals surface area contributed by atoms with Gasteiger partial charge in [0.15, 0.2) is 6.61 Å². The summed E-state index contributed by atoms with van der Waals surface area (Å²) < 4.78 is 5.13. The van der Waals surface area contributed by atoms with Gasteiger partial charge in [-0.05, 0) is 36.8 Å². The first-order chi connectivity index (χ1) is 9.72. The van der Waals surface area contributed by atoms with Crippen molar-refractivity contribution in [3.63, 3.8) is 0 Å². The molecule has 2 bridgehead atoms. The highest BCUT2D eigenvalue weighted by atomic mass is 16.5. The van der Waals surface area contributed by atoms with Crippen molar-refractivity contribution in [2.75, 3.05) is 11.9 Å². The van der Waals surface area contributed by atoms with Crippen LogP contribution in [0.2, 0.25) is 0 Å². The summed E-state index contributed by atoms with van der Waals surface area (Å²) >= 11 is 0. The van der Waals surface area contributed by atoms with Crippen molar-refractivity contribution >= 4 is 17.6 Å². The zero-order valence-electron chi connectivity index (χ0n) is 11.1. The maximum absolute atomic E-state index is 12.0. The molecule has 2 aliphatic rings. The summed E-state index contributed by atoms with van der Waals surface area (Å²) in [5.41, 5.74) is 0.705. The van der Waals surface area contributed by atoms with Crippen molar-refractivity contribution in [2.24, 2.45) is 17.8 Å². The smallest absolute Gasteiger partial charge is 0.310 e. The van der Waals surface area contributed by atoms with E-state index in [0.29, 0.717) is 17.5 Å². The van der Waals surface area contributed by atoms with Gasteiger partial charge in [-0.3, -0.25) is 9.59 Å². The van der Waals surface area contributed by atoms with Crippen LogP contribution in [0.3, 0.4) is 0 Å². The van der Waals surface area contributed by atoms with E-state index in [0.717, 1.165) is 12.8 Å². The lowest BCUT2D eigenvalue weighted by Crippen LogP contribution is -2.26. The average Bonchev–Trinajstić information content (AvgIpc) is 3.08. The first-order valence-electron chi connectivity index (χ1n) is 6.92. The Morgan fingerprint density at radius 1 is 1.15 bits per heavy atom. The van der Waals surface area contributed by atoms with Gasteiger partial charge in [-0.1, -0.05) is 30.4 Å². The molecule has 0 saturated heterocycles. The number of allylic oxidation sites excluding steroid dienone is 2. The van der Waals surface area contributed by atoms with E-state index in [9.17, 15) is 9.59 Å². The van der Waals surface area contributed by atoms with Crippen molar-refractivity contribution in [3.05, 3.63) is 42.5 Å². The number of benzene rings is 1. The maximum Gasteiger partial charge on any atom is 0.310 e. The lowest BCUT2D eigenvalue weighted by Gasteiger charge is -2.16. The standard InChI is InChI=1S/C16H17NO3/c18-15(17-13-4-2-1-3-5-13)10-20-16(19)14-9-11-6-7-12(14)8-11/h1-7,11-12,14H,8-10H2,(H,17,18)/t11-,12+,14+/m1/s1. The number of anilines is 1. The van der Waals surface area contributed by atoms with Gasteiger partial charge in [-0.2, -0.15) is 0 Å². The molecule has 1 aromatic carbocycles. The highest BCUT2D eigenvalue weighted by molar-refractivity contribution is 5.92. The number of ether oxygens (including phenoxy) is 1. The molecule has 0 spiro atoms. The number of rotatable bonds is 4. The summed E-state index contributed by atoms with van der Waals surface area (Å²) in [6.07, 6.45) is 6.19. The second-order valence-electron chi connectivity index (χ2n) is 5.41. The summed E-state index contributed by atoms with van der Waals surface area (Å²) in [7, 11) is 0. The SMILES string of the molecule is O=C(COC(=O)[C@H]1C[C@@H]2C=C[C@H]1C2)Nc1ccccc1. The Bertz CT molecular complexity index is 538. The third kappa shape index (κ3) is 2.74. The summed E-state index contributed by atoms with van der Waals surface area (Å²) in [5, 5.41) is 2.69. The summed E-state index contributed by atoms with van der Waals surface area (Å²) in [5.74, 6) is 0.225. The molecule has 3 atom stereocenters. The monoisotopic (exact) mass is 271 g/mol. The average molecular weight is 271 g/mol. The topological polar surface area (TPSA) is 55.4 Å². The molecule has 0 heterocycles. The molecular weight excluding hydrogens is 254 g/mol. The second kappa shape index (κ2) is 5.49. The van der Waals surface area contributed by atoms with Crippen molar-refractivity contribution in [2.45, 2.75) is 12.8 Å². The van der Waals surface area contributed by atoms with Crippen LogP contribution < -0.4 is 5.32 Å². The van der Waals surface area contributed by atoms with Crippen LogP contribution in [0, 0.1) is 17.8 Å². The van der Waals surface area contributed by atoms with E-state index in [1.807, 2.05) is 18.2 Å². The second-order valence-corrected chi connectivity index (χ2v) is 5.41. The first-order valence-corrected chi connectivity index (χ1v) is 6.92. The number of hydrogen-bond donors (Lipinski definition) is 1. The van der Waals surface area contributed by atoms with Crippen LogP contribution in [0.1, 0.15) is 12.8 Å². The van der Waals surface area contributed by atoms with Crippen molar-refractivity contribution in [1.29, 1.82) is 0 Å². The molecule has 0 radical (unpaired) electrons. The molecule has 3 rings (SSSR count). The lowest BCUT2D eigenvalue weighted by atomic mass is 9.94. The largest absolute Gasteiger partial charge is 0.455 e. The van der Waals surface area contributed by atoms with Crippen LogP contribution in [-0.2, 0) is 14.3 Å². The van der Waals surface area contributed by atoms with Gasteiger partial charge in [0.1, 0.15) is 0 Å². The number of fused-ring (bicyclic) bond motifs is 2. The Morgan fingerprint density at radius 2 is 1.95 bits per heavy atom. The minimum absolute atomic E-state index is 0.0606. The molecule has 104 valence electrons. The van der Waals surface area contributed by atoms with Gasteiger partial charge in [-0.15, -0.1) is 0 Å². The highest BCUT2D eigenvalue weighted by Gasteiger charge is 2.40. The van der Waals surface area contributed by atoms with E-state index in [4.69, 9.17) is 4.74 Å². The van der Waals surface area contributed by atoms with Crippen molar-refractivity contribution < 1.29 is 14.3 Å². The van der Waals surface area contributed by atoms with E-state index in [1.54, 1.807) is 12.1 Å². The third-order valence-corrected chi connectivity index (χ3v) is 3.98. The van der Waals surface area contributed by atoms with Crippen molar-refractivity contribution in [3.8, 4) is 0 Å². The van der Waals surface area contributed by atoms with Gasteiger partial charge < -0.3 is 10.1 Å². The predicted octanol–water partition coefficient (Wildman–Crippen LogP) is 2.38. The maximum atomic E-state index is 12.0. The van der Waals surface area contributed by atoms with Gasteiger partial charge in [0.25, 0.3) is 5.91 Å². The van der Waals surface area contributed by atoms with Gasteiger partial charge in [0, 0.05) is 5.69 Å². The van der Waals surface area contributed by atoms with Gasteiger partial charge in [0.05, 0.1) is 5.92 Å². The highest BCUT2D eigenvalue weighted by Crippen LogP contribution is 2.43. The molecule has 1 saturated carbocycles. The Hall–Kier alpha value is -2.10. The fraction of sp³-hybridized carbons (Fsp3) is 0.375. The molecule has 0 unspecified atom stereocenters. The molecule has 1 N–H and O–H groups in total. The summed E-state index contributed by atoms with van der Waals surface area (Å²) in [6, 6.07) is 9.13. The lowest BCUT2D eigenvalue weighted by molar-refractivity contribution is -0.152. The molecule has 1 aromatic rings. The van der Waals surface area contributed by atoms with E-state index in [1.165, 1.54) is 0 Å². The van der Waals surface area contributed by atoms with Crippen LogP contribution in [0.15, 0.2) is 42.5 Å².